The molecular formula is C16H15NO3S. The SMILES string of the molecule is Cc1ccc(OCC2=Cc3ccc(N)cc3S2(=O)=O)cc1. The number of hydrogen-bond acceptors (Lipinski definition) is 4. The maximum absolute atomic E-state index is 12.4. The van der Waals surface area contributed by atoms with Gasteiger partial charge in [-0.15, -0.1) is 0 Å². The molecule has 5 heteroatoms. The zero-order valence-corrected chi connectivity index (χ0v) is 12.4. The molecule has 0 spiro atoms. The van der Waals surface area contributed by atoms with E-state index in [0.717, 1.165) is 5.56 Å². The first-order chi connectivity index (χ1) is 9.96. The highest BCUT2D eigenvalue weighted by Crippen LogP contribution is 2.34. The number of hydrogen-bond donors (Lipinski definition) is 1. The largest absolute Gasteiger partial charge is 0.488 e. The minimum absolute atomic E-state index is 0.0139. The van der Waals surface area contributed by atoms with Gasteiger partial charge < -0.3 is 10.5 Å². The molecule has 1 aliphatic rings. The summed E-state index contributed by atoms with van der Waals surface area (Å²) in [5.74, 6) is 0.646. The molecule has 0 amide bonds. The molecule has 0 aromatic heterocycles. The quantitative estimate of drug-likeness (QED) is 0.885. The van der Waals surface area contributed by atoms with Crippen molar-refractivity contribution in [3.8, 4) is 5.75 Å². The Morgan fingerprint density at radius 2 is 1.81 bits per heavy atom. The van der Waals surface area contributed by atoms with Crippen LogP contribution in [0.2, 0.25) is 0 Å². The van der Waals surface area contributed by atoms with Gasteiger partial charge in [-0.1, -0.05) is 23.8 Å². The van der Waals surface area contributed by atoms with E-state index >= 15 is 0 Å². The van der Waals surface area contributed by atoms with E-state index in [9.17, 15) is 8.42 Å². The van der Waals surface area contributed by atoms with E-state index < -0.39 is 9.84 Å². The predicted octanol–water partition coefficient (Wildman–Crippen LogP) is 2.78. The Morgan fingerprint density at radius 1 is 1.10 bits per heavy atom. The van der Waals surface area contributed by atoms with Gasteiger partial charge in [-0.05, 0) is 42.8 Å². The number of anilines is 1. The molecule has 0 atom stereocenters. The van der Waals surface area contributed by atoms with Crippen molar-refractivity contribution in [3.63, 3.8) is 0 Å². The number of aryl methyl sites for hydroxylation is 1. The summed E-state index contributed by atoms with van der Waals surface area (Å²) in [4.78, 5) is 0.508. The predicted molar refractivity (Wildman–Crippen MR) is 82.7 cm³/mol. The number of nitrogen functional groups attached to an aromatic ring is 1. The van der Waals surface area contributed by atoms with Gasteiger partial charge in [0.15, 0.2) is 0 Å². The van der Waals surface area contributed by atoms with E-state index in [1.807, 2.05) is 31.2 Å². The van der Waals surface area contributed by atoms with E-state index in [-0.39, 0.29) is 16.4 Å². The molecule has 2 N–H and O–H groups in total. The van der Waals surface area contributed by atoms with Crippen LogP contribution in [0.25, 0.3) is 6.08 Å². The van der Waals surface area contributed by atoms with Crippen LogP contribution < -0.4 is 10.5 Å². The topological polar surface area (TPSA) is 69.4 Å². The van der Waals surface area contributed by atoms with Crippen LogP contribution in [-0.2, 0) is 9.84 Å². The number of sulfone groups is 1. The molecule has 1 heterocycles. The van der Waals surface area contributed by atoms with Crippen LogP contribution in [0.1, 0.15) is 11.1 Å². The Hall–Kier alpha value is -2.27. The fourth-order valence-electron chi connectivity index (χ4n) is 2.20. The molecule has 21 heavy (non-hydrogen) atoms. The Morgan fingerprint density at radius 3 is 2.52 bits per heavy atom. The minimum atomic E-state index is -3.49. The van der Waals surface area contributed by atoms with Gasteiger partial charge in [0.2, 0.25) is 9.84 Å². The van der Waals surface area contributed by atoms with E-state index in [1.54, 1.807) is 18.2 Å². The van der Waals surface area contributed by atoms with Gasteiger partial charge in [0, 0.05) is 5.69 Å². The lowest BCUT2D eigenvalue weighted by atomic mass is 10.2. The second-order valence-electron chi connectivity index (χ2n) is 5.01. The second-order valence-corrected chi connectivity index (χ2v) is 6.98. The summed E-state index contributed by atoms with van der Waals surface area (Å²) in [6, 6.07) is 12.4. The second kappa shape index (κ2) is 4.93. The monoisotopic (exact) mass is 301 g/mol. The summed E-state index contributed by atoms with van der Waals surface area (Å²) in [5, 5.41) is 0. The zero-order valence-electron chi connectivity index (χ0n) is 11.5. The highest BCUT2D eigenvalue weighted by molar-refractivity contribution is 7.95. The molecule has 2 aromatic rings. The lowest BCUT2D eigenvalue weighted by Gasteiger charge is -2.07. The van der Waals surface area contributed by atoms with Crippen LogP contribution in [-0.4, -0.2) is 15.0 Å². The smallest absolute Gasteiger partial charge is 0.206 e. The number of nitrogens with two attached hydrogens (primary N) is 1. The molecule has 0 saturated carbocycles. The molecule has 0 aliphatic carbocycles. The van der Waals surface area contributed by atoms with Gasteiger partial charge in [-0.3, -0.25) is 0 Å². The van der Waals surface area contributed by atoms with Crippen LogP contribution in [0.4, 0.5) is 5.69 Å². The van der Waals surface area contributed by atoms with Gasteiger partial charge in [-0.25, -0.2) is 8.42 Å². The molecule has 4 nitrogen and oxygen atoms in total. The minimum Gasteiger partial charge on any atom is -0.488 e. The molecule has 3 rings (SSSR count). The molecule has 0 unspecified atom stereocenters. The third-order valence-electron chi connectivity index (χ3n) is 3.39. The first-order valence-corrected chi connectivity index (χ1v) is 8.00. The molecule has 0 bridgehead atoms. The summed E-state index contributed by atoms with van der Waals surface area (Å²) in [7, 11) is -3.49. The Labute approximate surface area is 123 Å². The van der Waals surface area contributed by atoms with Crippen molar-refractivity contribution in [2.45, 2.75) is 11.8 Å². The van der Waals surface area contributed by atoms with Crippen molar-refractivity contribution >= 4 is 21.6 Å². The maximum Gasteiger partial charge on any atom is 0.206 e. The average Bonchev–Trinajstić information content (AvgIpc) is 2.70. The van der Waals surface area contributed by atoms with Crippen LogP contribution in [0.15, 0.2) is 52.3 Å². The van der Waals surface area contributed by atoms with Crippen molar-refractivity contribution in [1.29, 1.82) is 0 Å². The van der Waals surface area contributed by atoms with Gasteiger partial charge in [0.1, 0.15) is 12.4 Å². The third-order valence-corrected chi connectivity index (χ3v) is 5.25. The number of ether oxygens (including phenoxy) is 1. The van der Waals surface area contributed by atoms with Gasteiger partial charge in [-0.2, -0.15) is 0 Å². The average molecular weight is 301 g/mol. The maximum atomic E-state index is 12.4. The number of fused-ring (bicyclic) bond motifs is 1. The fourth-order valence-corrected chi connectivity index (χ4v) is 3.71. The van der Waals surface area contributed by atoms with Gasteiger partial charge >= 0.3 is 0 Å². The van der Waals surface area contributed by atoms with Gasteiger partial charge in [0.25, 0.3) is 0 Å². The van der Waals surface area contributed by atoms with Crippen LogP contribution in [0, 0.1) is 6.92 Å². The van der Waals surface area contributed by atoms with E-state index in [0.29, 0.717) is 17.0 Å². The fraction of sp³-hybridized carbons (Fsp3) is 0.125. The molecule has 0 fully saturated rings. The van der Waals surface area contributed by atoms with Gasteiger partial charge in [0.05, 0.1) is 9.80 Å². The van der Waals surface area contributed by atoms with Crippen LogP contribution in [0.3, 0.4) is 0 Å². The van der Waals surface area contributed by atoms with Crippen LogP contribution >= 0.6 is 0 Å². The first-order valence-electron chi connectivity index (χ1n) is 6.51. The molecule has 0 radical (unpaired) electrons. The molecule has 2 aromatic carbocycles. The van der Waals surface area contributed by atoms with Crippen LogP contribution in [0.5, 0.6) is 5.75 Å². The standard InChI is InChI=1S/C16H15NO3S/c1-11-2-6-14(7-3-11)20-10-15-8-12-4-5-13(17)9-16(12)21(15,18)19/h2-9H,10,17H2,1H3. The number of benzene rings is 2. The third kappa shape index (κ3) is 2.52. The summed E-state index contributed by atoms with van der Waals surface area (Å²) in [6.45, 7) is 1.99. The number of rotatable bonds is 3. The highest BCUT2D eigenvalue weighted by atomic mass is 32.2. The normalized spacial score (nSPS) is 15.4. The Bertz CT molecular complexity index is 821. The molecule has 0 saturated heterocycles. The molecular weight excluding hydrogens is 286 g/mol. The lowest BCUT2D eigenvalue weighted by Crippen LogP contribution is -2.09. The van der Waals surface area contributed by atoms with Crippen molar-refractivity contribution < 1.29 is 13.2 Å². The van der Waals surface area contributed by atoms with Crippen molar-refractivity contribution in [1.82, 2.24) is 0 Å². The van der Waals surface area contributed by atoms with E-state index in [2.05, 4.69) is 0 Å². The zero-order chi connectivity index (χ0) is 15.0. The summed E-state index contributed by atoms with van der Waals surface area (Å²) in [5.41, 5.74) is 7.88. The summed E-state index contributed by atoms with van der Waals surface area (Å²) < 4.78 is 30.4. The summed E-state index contributed by atoms with van der Waals surface area (Å²) >= 11 is 0. The first kappa shape index (κ1) is 13.7. The Balaban J connectivity index is 1.83. The van der Waals surface area contributed by atoms with Crippen molar-refractivity contribution in [2.24, 2.45) is 0 Å². The lowest BCUT2D eigenvalue weighted by molar-refractivity contribution is 0.359. The van der Waals surface area contributed by atoms with Crippen molar-refractivity contribution in [2.75, 3.05) is 12.3 Å². The van der Waals surface area contributed by atoms with E-state index in [1.165, 1.54) is 6.07 Å². The molecule has 108 valence electrons. The Kier molecular flexibility index (Phi) is 3.22. The highest BCUT2D eigenvalue weighted by Gasteiger charge is 2.30. The molecule has 1 aliphatic heterocycles. The van der Waals surface area contributed by atoms with Crippen molar-refractivity contribution in [3.05, 3.63) is 58.5 Å². The van der Waals surface area contributed by atoms with E-state index in [4.69, 9.17) is 10.5 Å². The summed E-state index contributed by atoms with van der Waals surface area (Å²) in [6.07, 6.45) is 1.64.